The zero-order valence-electron chi connectivity index (χ0n) is 8.57. The molecule has 0 amide bonds. The van der Waals surface area contributed by atoms with E-state index in [1.807, 2.05) is 0 Å². The third-order valence-corrected chi connectivity index (χ3v) is 2.56. The van der Waals surface area contributed by atoms with Crippen molar-refractivity contribution in [1.82, 2.24) is 0 Å². The third-order valence-electron chi connectivity index (χ3n) is 1.70. The van der Waals surface area contributed by atoms with Crippen molar-refractivity contribution in [2.24, 2.45) is 0 Å². The molecule has 0 atom stereocenters. The standard InChI is InChI=1S/C9H10O7S/c10-5-6-15-16-9(11)7-1-3-8(4-2-7)17(12,13)14/h1-4,10H,5-6H2,(H,12,13,14). The molecule has 17 heavy (non-hydrogen) atoms. The van der Waals surface area contributed by atoms with Gasteiger partial charge in [-0.15, -0.1) is 0 Å². The summed E-state index contributed by atoms with van der Waals surface area (Å²) in [5.74, 6) is -0.833. The second kappa shape index (κ2) is 5.73. The molecule has 0 spiro atoms. The summed E-state index contributed by atoms with van der Waals surface area (Å²) in [5.41, 5.74) is 0.0512. The minimum Gasteiger partial charge on any atom is -0.394 e. The van der Waals surface area contributed by atoms with Crippen LogP contribution in [0.1, 0.15) is 10.4 Å². The summed E-state index contributed by atoms with van der Waals surface area (Å²) in [5, 5.41) is 8.36. The summed E-state index contributed by atoms with van der Waals surface area (Å²) in [7, 11) is -4.28. The number of hydrogen-bond donors (Lipinski definition) is 2. The molecular formula is C9H10O7S. The van der Waals surface area contributed by atoms with E-state index < -0.39 is 16.1 Å². The fraction of sp³-hybridized carbons (Fsp3) is 0.222. The van der Waals surface area contributed by atoms with Crippen molar-refractivity contribution in [3.8, 4) is 0 Å². The number of aliphatic hydroxyl groups is 1. The zero-order valence-corrected chi connectivity index (χ0v) is 9.38. The summed E-state index contributed by atoms with van der Waals surface area (Å²) in [6.07, 6.45) is 0. The van der Waals surface area contributed by atoms with Crippen molar-refractivity contribution in [1.29, 1.82) is 0 Å². The first-order valence-electron chi connectivity index (χ1n) is 4.47. The smallest absolute Gasteiger partial charge is 0.373 e. The maximum Gasteiger partial charge on any atom is 0.373 e. The summed E-state index contributed by atoms with van der Waals surface area (Å²) in [4.78, 5) is 19.5. The van der Waals surface area contributed by atoms with Gasteiger partial charge in [0.1, 0.15) is 6.61 Å². The van der Waals surface area contributed by atoms with E-state index in [0.29, 0.717) is 0 Å². The lowest BCUT2D eigenvalue weighted by atomic mass is 10.2. The van der Waals surface area contributed by atoms with Gasteiger partial charge in [-0.3, -0.25) is 9.44 Å². The fourth-order valence-electron chi connectivity index (χ4n) is 0.944. The van der Waals surface area contributed by atoms with E-state index in [1.54, 1.807) is 0 Å². The van der Waals surface area contributed by atoms with E-state index >= 15 is 0 Å². The molecule has 1 aromatic rings. The molecule has 0 radical (unpaired) electrons. The lowest BCUT2D eigenvalue weighted by Gasteiger charge is -2.02. The molecule has 1 rings (SSSR count). The van der Waals surface area contributed by atoms with Gasteiger partial charge >= 0.3 is 5.97 Å². The number of carbonyl (C=O) groups is 1. The molecule has 0 aromatic heterocycles. The van der Waals surface area contributed by atoms with Gasteiger partial charge in [0.05, 0.1) is 17.1 Å². The van der Waals surface area contributed by atoms with Crippen LogP contribution in [0.15, 0.2) is 29.2 Å². The Morgan fingerprint density at radius 2 is 1.82 bits per heavy atom. The molecule has 1 aromatic carbocycles. The molecule has 0 unspecified atom stereocenters. The largest absolute Gasteiger partial charge is 0.394 e. The lowest BCUT2D eigenvalue weighted by molar-refractivity contribution is -0.245. The van der Waals surface area contributed by atoms with Gasteiger partial charge in [0, 0.05) is 0 Å². The molecule has 0 bridgehead atoms. The number of rotatable bonds is 5. The maximum atomic E-state index is 11.2. The van der Waals surface area contributed by atoms with Crippen molar-refractivity contribution in [2.45, 2.75) is 4.90 Å². The third kappa shape index (κ3) is 4.11. The van der Waals surface area contributed by atoms with Crippen molar-refractivity contribution >= 4 is 16.1 Å². The molecule has 0 fully saturated rings. The lowest BCUT2D eigenvalue weighted by Crippen LogP contribution is -2.09. The van der Waals surface area contributed by atoms with Crippen LogP contribution in [0.3, 0.4) is 0 Å². The van der Waals surface area contributed by atoms with Gasteiger partial charge in [-0.05, 0) is 24.3 Å². The Labute approximate surface area is 97.3 Å². The fourth-order valence-corrected chi connectivity index (χ4v) is 1.42. The van der Waals surface area contributed by atoms with Crippen LogP contribution in [0.5, 0.6) is 0 Å². The molecule has 8 heteroatoms. The van der Waals surface area contributed by atoms with E-state index in [2.05, 4.69) is 9.78 Å². The van der Waals surface area contributed by atoms with Crippen molar-refractivity contribution in [2.75, 3.05) is 13.2 Å². The molecule has 0 saturated heterocycles. The van der Waals surface area contributed by atoms with Crippen LogP contribution in [-0.4, -0.2) is 37.3 Å². The Morgan fingerprint density at radius 1 is 1.24 bits per heavy atom. The number of benzene rings is 1. The van der Waals surface area contributed by atoms with Crippen molar-refractivity contribution in [3.05, 3.63) is 29.8 Å². The Balaban J connectivity index is 2.71. The predicted octanol–water partition coefficient (Wildman–Crippen LogP) is 0.0140. The minimum atomic E-state index is -4.28. The summed E-state index contributed by atoms with van der Waals surface area (Å²) in [6, 6.07) is 4.43. The Bertz CT molecular complexity index is 477. The highest BCUT2D eigenvalue weighted by Gasteiger charge is 2.12. The van der Waals surface area contributed by atoms with E-state index in [4.69, 9.17) is 9.66 Å². The molecule has 2 N–H and O–H groups in total. The molecule has 7 nitrogen and oxygen atoms in total. The Morgan fingerprint density at radius 3 is 2.29 bits per heavy atom. The highest BCUT2D eigenvalue weighted by molar-refractivity contribution is 7.85. The number of aliphatic hydroxyl groups excluding tert-OH is 1. The van der Waals surface area contributed by atoms with Crippen LogP contribution in [0.4, 0.5) is 0 Å². The van der Waals surface area contributed by atoms with Crippen molar-refractivity contribution < 1.29 is 32.6 Å². The van der Waals surface area contributed by atoms with Gasteiger partial charge in [0.2, 0.25) is 0 Å². The Kier molecular flexibility index (Phi) is 4.58. The van der Waals surface area contributed by atoms with E-state index in [0.717, 1.165) is 24.3 Å². The first kappa shape index (κ1) is 13.6. The average molecular weight is 262 g/mol. The highest BCUT2D eigenvalue weighted by Crippen LogP contribution is 2.10. The summed E-state index contributed by atoms with van der Waals surface area (Å²) in [6.45, 7) is -0.455. The van der Waals surface area contributed by atoms with E-state index in [9.17, 15) is 13.2 Å². The van der Waals surface area contributed by atoms with Crippen LogP contribution in [0.25, 0.3) is 0 Å². The van der Waals surface area contributed by atoms with Crippen LogP contribution in [0.2, 0.25) is 0 Å². The first-order valence-corrected chi connectivity index (χ1v) is 5.91. The van der Waals surface area contributed by atoms with Gasteiger partial charge < -0.3 is 5.11 Å². The Hall–Kier alpha value is -1.48. The van der Waals surface area contributed by atoms with Crippen LogP contribution in [-0.2, 0) is 19.9 Å². The minimum absolute atomic E-state index is 0.0512. The van der Waals surface area contributed by atoms with Gasteiger partial charge in [-0.1, -0.05) is 0 Å². The quantitative estimate of drug-likeness (QED) is 0.333. The number of carbonyl (C=O) groups excluding carboxylic acids is 1. The maximum absolute atomic E-state index is 11.2. The second-order valence-corrected chi connectivity index (χ2v) is 4.34. The molecule has 0 saturated carbocycles. The average Bonchev–Trinajstić information content (AvgIpc) is 2.28. The van der Waals surface area contributed by atoms with Crippen LogP contribution >= 0.6 is 0 Å². The van der Waals surface area contributed by atoms with Crippen LogP contribution < -0.4 is 0 Å². The molecule has 0 heterocycles. The van der Waals surface area contributed by atoms with Crippen molar-refractivity contribution in [3.63, 3.8) is 0 Å². The molecule has 0 aliphatic heterocycles. The normalized spacial score (nSPS) is 11.2. The summed E-state index contributed by atoms with van der Waals surface area (Å²) >= 11 is 0. The van der Waals surface area contributed by atoms with Gasteiger partial charge in [0.25, 0.3) is 10.1 Å². The summed E-state index contributed by atoms with van der Waals surface area (Å²) < 4.78 is 30.1. The van der Waals surface area contributed by atoms with E-state index in [-0.39, 0.29) is 23.7 Å². The highest BCUT2D eigenvalue weighted by atomic mass is 32.2. The molecule has 94 valence electrons. The zero-order chi connectivity index (χ0) is 12.9. The first-order chi connectivity index (χ1) is 7.95. The molecular weight excluding hydrogens is 252 g/mol. The van der Waals surface area contributed by atoms with Gasteiger partial charge in [-0.2, -0.15) is 13.3 Å². The van der Waals surface area contributed by atoms with Gasteiger partial charge in [-0.25, -0.2) is 4.79 Å². The topological polar surface area (TPSA) is 110 Å². The monoisotopic (exact) mass is 262 g/mol. The molecule has 0 aliphatic rings. The number of hydrogen-bond acceptors (Lipinski definition) is 6. The van der Waals surface area contributed by atoms with Gasteiger partial charge in [0.15, 0.2) is 0 Å². The predicted molar refractivity (Wildman–Crippen MR) is 54.7 cm³/mol. The SMILES string of the molecule is O=C(OOCCO)c1ccc(S(=O)(=O)O)cc1. The van der Waals surface area contributed by atoms with E-state index in [1.165, 1.54) is 0 Å². The molecule has 0 aliphatic carbocycles. The second-order valence-electron chi connectivity index (χ2n) is 2.92. The van der Waals surface area contributed by atoms with Crippen LogP contribution in [0, 0.1) is 0 Å².